The average Bonchev–Trinajstić information content (AvgIpc) is 2.68. The van der Waals surface area contributed by atoms with Crippen LogP contribution in [0.3, 0.4) is 0 Å². The fourth-order valence-corrected chi connectivity index (χ4v) is 4.64. The van der Waals surface area contributed by atoms with E-state index in [0.717, 1.165) is 17.2 Å². The van der Waals surface area contributed by atoms with E-state index in [2.05, 4.69) is 5.32 Å². The Morgan fingerprint density at radius 1 is 1.17 bits per heavy atom. The van der Waals surface area contributed by atoms with Crippen LogP contribution in [-0.4, -0.2) is 37.8 Å². The molecule has 0 heterocycles. The number of aryl methyl sites for hydroxylation is 1. The maximum atomic E-state index is 12.7. The number of nitrogens with one attached hydrogen (secondary N) is 1. The zero-order valence-corrected chi connectivity index (χ0v) is 18.1. The number of anilines is 1. The third-order valence-electron chi connectivity index (χ3n) is 4.73. The van der Waals surface area contributed by atoms with Gasteiger partial charge in [-0.1, -0.05) is 31.5 Å². The van der Waals surface area contributed by atoms with Crippen LogP contribution in [0.15, 0.2) is 41.3 Å². The number of hydrogen-bond donors (Lipinski definition) is 1. The lowest BCUT2D eigenvalue weighted by molar-refractivity contribution is -0.384. The first-order valence-electron chi connectivity index (χ1n) is 9.35. The lowest BCUT2D eigenvalue weighted by Crippen LogP contribution is -2.30. The molecule has 9 heteroatoms. The zero-order valence-electron chi connectivity index (χ0n) is 17.3. The van der Waals surface area contributed by atoms with Gasteiger partial charge in [-0.05, 0) is 32.0 Å². The number of benzene rings is 2. The molecule has 2 rings (SSSR count). The predicted molar refractivity (Wildman–Crippen MR) is 113 cm³/mol. The molecule has 2 aromatic rings. The number of nitro benzene ring substituents is 1. The number of sulfonamides is 1. The van der Waals surface area contributed by atoms with Gasteiger partial charge in [-0.15, -0.1) is 0 Å². The van der Waals surface area contributed by atoms with Crippen molar-refractivity contribution in [3.05, 3.63) is 57.6 Å². The molecule has 0 unspecified atom stereocenters. The first kappa shape index (κ1) is 22.6. The van der Waals surface area contributed by atoms with Crippen molar-refractivity contribution in [3.8, 4) is 5.75 Å². The quantitative estimate of drug-likeness (QED) is 0.483. The number of nitrogens with zero attached hydrogens (tertiary/aromatic N) is 2. The molecule has 8 nitrogen and oxygen atoms in total. The lowest BCUT2D eigenvalue weighted by atomic mass is 10.0. The fraction of sp³-hybridized carbons (Fsp3) is 0.400. The summed E-state index contributed by atoms with van der Waals surface area (Å²) in [7, 11) is -2.22. The molecule has 0 amide bonds. The molecule has 1 N–H and O–H groups in total. The lowest BCUT2D eigenvalue weighted by Gasteiger charge is -2.20. The normalized spacial score (nSPS) is 12.6. The number of nitro groups is 1. The van der Waals surface area contributed by atoms with Gasteiger partial charge in [-0.3, -0.25) is 10.1 Å². The Balaban J connectivity index is 2.45. The largest absolute Gasteiger partial charge is 0.496 e. The zero-order chi connectivity index (χ0) is 21.8. The van der Waals surface area contributed by atoms with Crippen LogP contribution in [0, 0.1) is 17.0 Å². The summed E-state index contributed by atoms with van der Waals surface area (Å²) in [4.78, 5) is 11.0. The molecule has 0 aromatic heterocycles. The van der Waals surface area contributed by atoms with E-state index in [4.69, 9.17) is 4.74 Å². The maximum absolute atomic E-state index is 12.7. The molecule has 0 fully saturated rings. The SMILES string of the molecule is CCN(CC)S(=O)(=O)c1ccc(N[C@@H](C)c2cc(C)ccc2OC)c([N+](=O)[O-])c1. The first-order valence-corrected chi connectivity index (χ1v) is 10.8. The van der Waals surface area contributed by atoms with E-state index in [0.29, 0.717) is 5.75 Å². The van der Waals surface area contributed by atoms with Crippen molar-refractivity contribution in [2.45, 2.75) is 38.6 Å². The molecule has 0 radical (unpaired) electrons. The van der Waals surface area contributed by atoms with E-state index in [1.807, 2.05) is 32.0 Å². The maximum Gasteiger partial charge on any atom is 0.293 e. The van der Waals surface area contributed by atoms with Crippen molar-refractivity contribution in [1.82, 2.24) is 4.31 Å². The summed E-state index contributed by atoms with van der Waals surface area (Å²) in [5, 5.41) is 14.8. The molecular weight excluding hydrogens is 394 g/mol. The van der Waals surface area contributed by atoms with E-state index < -0.39 is 14.9 Å². The summed E-state index contributed by atoms with van der Waals surface area (Å²) in [5.41, 5.74) is 1.83. The smallest absolute Gasteiger partial charge is 0.293 e. The molecule has 0 aliphatic rings. The van der Waals surface area contributed by atoms with Crippen LogP contribution in [0.4, 0.5) is 11.4 Å². The second kappa shape index (κ2) is 9.23. The predicted octanol–water partition coefficient (Wildman–Crippen LogP) is 4.12. The number of hydrogen-bond acceptors (Lipinski definition) is 6. The Morgan fingerprint density at radius 2 is 1.83 bits per heavy atom. The van der Waals surface area contributed by atoms with Crippen molar-refractivity contribution in [3.63, 3.8) is 0 Å². The van der Waals surface area contributed by atoms with Gasteiger partial charge in [0.2, 0.25) is 10.0 Å². The molecule has 0 saturated heterocycles. The Hall–Kier alpha value is -2.65. The standard InChI is InChI=1S/C20H27N3O5S/c1-6-22(7-2)29(26,27)16-9-10-18(19(13-16)23(24)25)21-15(4)17-12-14(3)8-11-20(17)28-5/h8-13,15,21H,6-7H2,1-5H3/t15-/m0/s1. The van der Waals surface area contributed by atoms with Gasteiger partial charge >= 0.3 is 0 Å². The Labute approximate surface area is 171 Å². The molecule has 158 valence electrons. The van der Waals surface area contributed by atoms with Crippen LogP contribution < -0.4 is 10.1 Å². The van der Waals surface area contributed by atoms with Crippen LogP contribution in [0.1, 0.15) is 37.9 Å². The molecule has 1 atom stereocenters. The second-order valence-corrected chi connectivity index (χ2v) is 8.57. The minimum absolute atomic E-state index is 0.0979. The van der Waals surface area contributed by atoms with E-state index in [1.54, 1.807) is 21.0 Å². The summed E-state index contributed by atoms with van der Waals surface area (Å²) < 4.78 is 32.1. The molecule has 0 saturated carbocycles. The van der Waals surface area contributed by atoms with E-state index >= 15 is 0 Å². The number of rotatable bonds is 9. The van der Waals surface area contributed by atoms with Crippen LogP contribution >= 0.6 is 0 Å². The summed E-state index contributed by atoms with van der Waals surface area (Å²) in [6, 6.07) is 9.35. The van der Waals surface area contributed by atoms with E-state index in [9.17, 15) is 18.5 Å². The van der Waals surface area contributed by atoms with Gasteiger partial charge in [0.1, 0.15) is 11.4 Å². The highest BCUT2D eigenvalue weighted by Crippen LogP contribution is 2.34. The molecular formula is C20H27N3O5S. The number of methoxy groups -OCH3 is 1. The molecule has 0 spiro atoms. The van der Waals surface area contributed by atoms with Crippen LogP contribution in [-0.2, 0) is 10.0 Å². The van der Waals surface area contributed by atoms with Gasteiger partial charge in [0.25, 0.3) is 5.69 Å². The summed E-state index contributed by atoms with van der Waals surface area (Å²) >= 11 is 0. The van der Waals surface area contributed by atoms with Crippen LogP contribution in [0.25, 0.3) is 0 Å². The molecule has 0 aliphatic heterocycles. The summed E-state index contributed by atoms with van der Waals surface area (Å²) in [6.45, 7) is 7.84. The summed E-state index contributed by atoms with van der Waals surface area (Å²) in [6.07, 6.45) is 0. The fourth-order valence-electron chi connectivity index (χ4n) is 3.16. The van der Waals surface area contributed by atoms with Gasteiger partial charge in [0.05, 0.1) is 23.0 Å². The van der Waals surface area contributed by atoms with Crippen molar-refractivity contribution in [2.24, 2.45) is 0 Å². The molecule has 0 bridgehead atoms. The van der Waals surface area contributed by atoms with Crippen molar-refractivity contribution >= 4 is 21.4 Å². The van der Waals surface area contributed by atoms with E-state index in [1.165, 1.54) is 16.4 Å². The Bertz CT molecular complexity index is 988. The average molecular weight is 422 g/mol. The first-order chi connectivity index (χ1) is 13.6. The second-order valence-electron chi connectivity index (χ2n) is 6.64. The van der Waals surface area contributed by atoms with Gasteiger partial charge < -0.3 is 10.1 Å². The van der Waals surface area contributed by atoms with Gasteiger partial charge in [0, 0.05) is 24.7 Å². The Morgan fingerprint density at radius 3 is 2.38 bits per heavy atom. The highest BCUT2D eigenvalue weighted by Gasteiger charge is 2.26. The topological polar surface area (TPSA) is 102 Å². The summed E-state index contributed by atoms with van der Waals surface area (Å²) in [5.74, 6) is 0.666. The molecule has 0 aliphatic carbocycles. The van der Waals surface area contributed by atoms with Crippen LogP contribution in [0.5, 0.6) is 5.75 Å². The number of ether oxygens (including phenoxy) is 1. The van der Waals surface area contributed by atoms with Crippen LogP contribution in [0.2, 0.25) is 0 Å². The van der Waals surface area contributed by atoms with Crippen molar-refractivity contribution < 1.29 is 18.1 Å². The minimum atomic E-state index is -3.79. The van der Waals surface area contributed by atoms with Gasteiger partial charge in [-0.25, -0.2) is 8.42 Å². The Kier molecular flexibility index (Phi) is 7.21. The molecule has 2 aromatic carbocycles. The van der Waals surface area contributed by atoms with Crippen molar-refractivity contribution in [1.29, 1.82) is 0 Å². The molecule has 29 heavy (non-hydrogen) atoms. The minimum Gasteiger partial charge on any atom is -0.496 e. The highest BCUT2D eigenvalue weighted by molar-refractivity contribution is 7.89. The third kappa shape index (κ3) is 4.86. The van der Waals surface area contributed by atoms with Gasteiger partial charge in [0.15, 0.2) is 0 Å². The van der Waals surface area contributed by atoms with Crippen molar-refractivity contribution in [2.75, 3.05) is 25.5 Å². The monoisotopic (exact) mass is 421 g/mol. The van der Waals surface area contributed by atoms with E-state index in [-0.39, 0.29) is 35.4 Å². The van der Waals surface area contributed by atoms with Gasteiger partial charge in [-0.2, -0.15) is 4.31 Å². The highest BCUT2D eigenvalue weighted by atomic mass is 32.2. The third-order valence-corrected chi connectivity index (χ3v) is 6.78.